The monoisotopic (exact) mass is 481 g/mol. The van der Waals surface area contributed by atoms with Gasteiger partial charge in [0.1, 0.15) is 11.2 Å². The van der Waals surface area contributed by atoms with Gasteiger partial charge in [-0.05, 0) is 63.8 Å². The Bertz CT molecular complexity index is 1140. The van der Waals surface area contributed by atoms with E-state index >= 15 is 0 Å². The topological polar surface area (TPSA) is 118 Å². The zero-order chi connectivity index (χ0) is 25.2. The van der Waals surface area contributed by atoms with Crippen molar-refractivity contribution in [1.29, 1.82) is 0 Å². The van der Waals surface area contributed by atoms with Crippen molar-refractivity contribution in [1.82, 2.24) is 9.88 Å². The lowest BCUT2D eigenvalue weighted by Gasteiger charge is -2.31. The summed E-state index contributed by atoms with van der Waals surface area (Å²) in [4.78, 5) is 44.9. The Balaban J connectivity index is 1.53. The lowest BCUT2D eigenvalue weighted by molar-refractivity contribution is -0.385. The SMILES string of the molecule is CC(C)(C)OC(=O)N1CCc2ncc(NC(=O)c3cc(N4CCCCC4)ccc3[N+](=O)[O-])cc2C1. The third-order valence-corrected chi connectivity index (χ3v) is 6.09. The van der Waals surface area contributed by atoms with Gasteiger partial charge in [0.25, 0.3) is 11.6 Å². The summed E-state index contributed by atoms with van der Waals surface area (Å²) in [5, 5.41) is 14.4. The maximum Gasteiger partial charge on any atom is 0.410 e. The highest BCUT2D eigenvalue weighted by Crippen LogP contribution is 2.28. The molecule has 0 spiro atoms. The molecule has 1 N–H and O–H groups in total. The number of ether oxygens (including phenoxy) is 1. The normalized spacial score (nSPS) is 15.9. The molecule has 0 radical (unpaired) electrons. The van der Waals surface area contributed by atoms with Gasteiger partial charge in [-0.2, -0.15) is 0 Å². The first-order valence-electron chi connectivity index (χ1n) is 11.9. The molecule has 0 unspecified atom stereocenters. The third-order valence-electron chi connectivity index (χ3n) is 6.09. The number of rotatable bonds is 4. The number of carbonyl (C=O) groups is 2. The molecule has 10 heteroatoms. The number of hydrogen-bond donors (Lipinski definition) is 1. The van der Waals surface area contributed by atoms with Crippen molar-refractivity contribution in [2.24, 2.45) is 0 Å². The van der Waals surface area contributed by atoms with Crippen LogP contribution in [0, 0.1) is 10.1 Å². The van der Waals surface area contributed by atoms with E-state index in [1.54, 1.807) is 29.3 Å². The Labute approximate surface area is 204 Å². The van der Waals surface area contributed by atoms with Crippen LogP contribution in [0.4, 0.5) is 21.9 Å². The van der Waals surface area contributed by atoms with Gasteiger partial charge in [-0.1, -0.05) is 0 Å². The summed E-state index contributed by atoms with van der Waals surface area (Å²) in [5.41, 5.74) is 2.03. The molecule has 0 atom stereocenters. The lowest BCUT2D eigenvalue weighted by atomic mass is 10.1. The van der Waals surface area contributed by atoms with E-state index in [1.165, 1.54) is 6.07 Å². The molecule has 186 valence electrons. The highest BCUT2D eigenvalue weighted by atomic mass is 16.6. The molecule has 0 saturated carbocycles. The van der Waals surface area contributed by atoms with Crippen LogP contribution in [0.3, 0.4) is 0 Å². The lowest BCUT2D eigenvalue weighted by Crippen LogP contribution is -2.40. The van der Waals surface area contributed by atoms with E-state index in [4.69, 9.17) is 4.74 Å². The fourth-order valence-electron chi connectivity index (χ4n) is 4.39. The Hall–Kier alpha value is -3.69. The van der Waals surface area contributed by atoms with Gasteiger partial charge >= 0.3 is 6.09 Å². The van der Waals surface area contributed by atoms with Crippen molar-refractivity contribution in [3.8, 4) is 0 Å². The van der Waals surface area contributed by atoms with Gasteiger partial charge in [0.05, 0.1) is 23.4 Å². The fraction of sp³-hybridized carbons (Fsp3) is 0.480. The summed E-state index contributed by atoms with van der Waals surface area (Å²) in [5.74, 6) is -0.572. The zero-order valence-electron chi connectivity index (χ0n) is 20.4. The average molecular weight is 482 g/mol. The third kappa shape index (κ3) is 5.87. The molecule has 2 aliphatic rings. The van der Waals surface area contributed by atoms with Gasteiger partial charge in [-0.3, -0.25) is 19.9 Å². The molecule has 2 amide bonds. The molecule has 1 fully saturated rings. The zero-order valence-corrected chi connectivity index (χ0v) is 20.4. The Morgan fingerprint density at radius 3 is 2.54 bits per heavy atom. The predicted octanol–water partition coefficient (Wildman–Crippen LogP) is 4.53. The molecule has 1 saturated heterocycles. The Morgan fingerprint density at radius 1 is 1.11 bits per heavy atom. The molecule has 0 aliphatic carbocycles. The second-order valence-electron chi connectivity index (χ2n) is 9.94. The molecule has 0 bridgehead atoms. The molecule has 1 aromatic carbocycles. The van der Waals surface area contributed by atoms with E-state index in [0.717, 1.165) is 49.3 Å². The quantitative estimate of drug-likeness (QED) is 0.504. The molecule has 2 aromatic rings. The minimum Gasteiger partial charge on any atom is -0.444 e. The molecule has 2 aliphatic heterocycles. The predicted molar refractivity (Wildman–Crippen MR) is 132 cm³/mol. The van der Waals surface area contributed by atoms with Gasteiger partial charge in [-0.15, -0.1) is 0 Å². The van der Waals surface area contributed by atoms with Crippen LogP contribution in [0.2, 0.25) is 0 Å². The largest absolute Gasteiger partial charge is 0.444 e. The molecule has 3 heterocycles. The average Bonchev–Trinajstić information content (AvgIpc) is 2.82. The minimum absolute atomic E-state index is 0.00572. The van der Waals surface area contributed by atoms with Crippen LogP contribution >= 0.6 is 0 Å². The van der Waals surface area contributed by atoms with Crippen molar-refractivity contribution in [3.63, 3.8) is 0 Å². The molecule has 1 aromatic heterocycles. The maximum atomic E-state index is 13.1. The van der Waals surface area contributed by atoms with Crippen molar-refractivity contribution >= 4 is 29.1 Å². The number of benzene rings is 1. The van der Waals surface area contributed by atoms with Crippen LogP contribution < -0.4 is 10.2 Å². The fourth-order valence-corrected chi connectivity index (χ4v) is 4.39. The maximum absolute atomic E-state index is 13.1. The molecule has 4 rings (SSSR count). The number of aromatic nitrogens is 1. The number of nitro groups is 1. The van der Waals surface area contributed by atoms with E-state index in [-0.39, 0.29) is 11.3 Å². The summed E-state index contributed by atoms with van der Waals surface area (Å²) in [7, 11) is 0. The van der Waals surface area contributed by atoms with E-state index < -0.39 is 22.5 Å². The number of nitro benzene ring substituents is 1. The first-order valence-corrected chi connectivity index (χ1v) is 11.9. The van der Waals surface area contributed by atoms with Crippen LogP contribution in [0.15, 0.2) is 30.5 Å². The Kier molecular flexibility index (Phi) is 6.90. The number of amides is 2. The van der Waals surface area contributed by atoms with E-state index in [9.17, 15) is 19.7 Å². The van der Waals surface area contributed by atoms with Crippen LogP contribution in [0.25, 0.3) is 0 Å². The number of carbonyl (C=O) groups excluding carboxylic acids is 2. The second-order valence-corrected chi connectivity index (χ2v) is 9.94. The van der Waals surface area contributed by atoms with E-state index in [2.05, 4.69) is 15.2 Å². The van der Waals surface area contributed by atoms with Gasteiger partial charge in [-0.25, -0.2) is 4.79 Å². The van der Waals surface area contributed by atoms with Crippen molar-refractivity contribution in [3.05, 3.63) is 57.4 Å². The first kappa shape index (κ1) is 24.4. The smallest absolute Gasteiger partial charge is 0.410 e. The van der Waals surface area contributed by atoms with Gasteiger partial charge in [0, 0.05) is 43.5 Å². The first-order chi connectivity index (χ1) is 16.6. The number of fused-ring (bicyclic) bond motifs is 1. The molecular formula is C25H31N5O5. The van der Waals surface area contributed by atoms with Crippen molar-refractivity contribution in [2.45, 2.75) is 58.6 Å². The number of piperidine rings is 1. The molecular weight excluding hydrogens is 450 g/mol. The summed E-state index contributed by atoms with van der Waals surface area (Å²) in [6, 6.07) is 6.44. The Morgan fingerprint density at radius 2 is 1.86 bits per heavy atom. The van der Waals surface area contributed by atoms with E-state index in [1.807, 2.05) is 20.8 Å². The van der Waals surface area contributed by atoms with Gasteiger partial charge < -0.3 is 19.9 Å². The summed E-state index contributed by atoms with van der Waals surface area (Å²) in [6.45, 7) is 7.98. The molecule has 10 nitrogen and oxygen atoms in total. The standard InChI is InChI=1S/C25H31N5O5/c1-25(2,3)35-24(32)29-12-9-21-17(16-29)13-18(15-26-21)27-23(31)20-14-19(7-8-22(20)30(33)34)28-10-5-4-6-11-28/h7-8,13-15H,4-6,9-12,16H2,1-3H3,(H,27,31). The summed E-state index contributed by atoms with van der Waals surface area (Å²) < 4.78 is 5.47. The van der Waals surface area contributed by atoms with Crippen molar-refractivity contribution in [2.75, 3.05) is 29.9 Å². The highest BCUT2D eigenvalue weighted by Gasteiger charge is 2.27. The van der Waals surface area contributed by atoms with E-state index in [0.29, 0.717) is 25.2 Å². The number of hydrogen-bond acceptors (Lipinski definition) is 7. The second kappa shape index (κ2) is 9.89. The van der Waals surface area contributed by atoms with Crippen LogP contribution in [-0.4, -0.2) is 52.0 Å². The van der Waals surface area contributed by atoms with Crippen LogP contribution in [-0.2, 0) is 17.7 Å². The van der Waals surface area contributed by atoms with Crippen molar-refractivity contribution < 1.29 is 19.2 Å². The highest BCUT2D eigenvalue weighted by molar-refractivity contribution is 6.07. The number of pyridine rings is 1. The van der Waals surface area contributed by atoms with Crippen LogP contribution in [0.1, 0.15) is 61.6 Å². The van der Waals surface area contributed by atoms with Crippen LogP contribution in [0.5, 0.6) is 0 Å². The minimum atomic E-state index is -0.594. The summed E-state index contributed by atoms with van der Waals surface area (Å²) in [6.07, 6.45) is 4.99. The number of nitrogens with zero attached hydrogens (tertiary/aromatic N) is 4. The van der Waals surface area contributed by atoms with Gasteiger partial charge in [0.15, 0.2) is 0 Å². The van der Waals surface area contributed by atoms with Gasteiger partial charge in [0.2, 0.25) is 0 Å². The number of nitrogens with one attached hydrogen (secondary N) is 1. The summed E-state index contributed by atoms with van der Waals surface area (Å²) >= 11 is 0. The molecule has 35 heavy (non-hydrogen) atoms. The number of anilines is 2.